The second-order valence-electron chi connectivity index (χ2n) is 8.68. The van der Waals surface area contributed by atoms with Crippen molar-refractivity contribution in [3.05, 3.63) is 111 Å². The molecule has 0 aliphatic heterocycles. The lowest BCUT2D eigenvalue weighted by molar-refractivity contribution is -0.114. The average molecular weight is 673 g/mol. The predicted molar refractivity (Wildman–Crippen MR) is 165 cm³/mol. The standard InChI is InChI=1S/C27H21Cl4N3O5S2/c1-17-8-12-20(13-9-17)41(38,39)34(24-7-3-5-22(29)27(24)31)16-25(35)32-18-10-14-19(15-11-18)40(36,37)33-23-6-2-4-21(28)26(23)30/h2-15,33H,16H2,1H3,(H,32,35). The van der Waals surface area contributed by atoms with E-state index in [-0.39, 0.29) is 46.9 Å². The number of carbonyl (C=O) groups excluding carboxylic acids is 1. The molecular formula is C27H21Cl4N3O5S2. The maximum Gasteiger partial charge on any atom is 0.264 e. The third kappa shape index (κ3) is 7.09. The Kier molecular flexibility index (Phi) is 9.42. The van der Waals surface area contributed by atoms with E-state index in [4.69, 9.17) is 46.4 Å². The minimum atomic E-state index is -4.24. The van der Waals surface area contributed by atoms with Gasteiger partial charge in [0.25, 0.3) is 20.0 Å². The third-order valence-corrected chi connectivity index (χ3v) is 10.5. The van der Waals surface area contributed by atoms with Crippen molar-refractivity contribution >= 4 is 89.4 Å². The summed E-state index contributed by atoms with van der Waals surface area (Å²) in [5, 5.41) is 2.88. The molecule has 0 aliphatic rings. The predicted octanol–water partition coefficient (Wildman–Crippen LogP) is 7.24. The summed E-state index contributed by atoms with van der Waals surface area (Å²) in [6.07, 6.45) is 0. The Morgan fingerprint density at radius 3 is 1.93 bits per heavy atom. The zero-order valence-corrected chi connectivity index (χ0v) is 25.8. The molecule has 14 heteroatoms. The molecule has 4 rings (SSSR count). The number of nitrogens with one attached hydrogen (secondary N) is 2. The number of aryl methyl sites for hydroxylation is 1. The number of sulfonamides is 2. The van der Waals surface area contributed by atoms with Crippen LogP contribution >= 0.6 is 46.4 Å². The van der Waals surface area contributed by atoms with Crippen LogP contribution in [0, 0.1) is 6.92 Å². The molecule has 0 bridgehead atoms. The van der Waals surface area contributed by atoms with Gasteiger partial charge in [-0.1, -0.05) is 76.2 Å². The van der Waals surface area contributed by atoms with E-state index in [0.717, 1.165) is 9.87 Å². The van der Waals surface area contributed by atoms with Gasteiger partial charge in [0.1, 0.15) is 6.54 Å². The summed E-state index contributed by atoms with van der Waals surface area (Å²) >= 11 is 24.5. The van der Waals surface area contributed by atoms with Gasteiger partial charge in [-0.25, -0.2) is 16.8 Å². The van der Waals surface area contributed by atoms with Crippen LogP contribution in [0.2, 0.25) is 20.1 Å². The molecule has 41 heavy (non-hydrogen) atoms. The topological polar surface area (TPSA) is 113 Å². The maximum atomic E-state index is 13.6. The first kappa shape index (κ1) is 31.0. The van der Waals surface area contributed by atoms with Gasteiger partial charge in [0.15, 0.2) is 0 Å². The van der Waals surface area contributed by atoms with Crippen molar-refractivity contribution in [1.29, 1.82) is 0 Å². The van der Waals surface area contributed by atoms with Crippen LogP contribution in [0.1, 0.15) is 5.56 Å². The maximum absolute atomic E-state index is 13.6. The van der Waals surface area contributed by atoms with Gasteiger partial charge in [0.2, 0.25) is 5.91 Å². The van der Waals surface area contributed by atoms with Gasteiger partial charge in [0.05, 0.1) is 41.3 Å². The van der Waals surface area contributed by atoms with Crippen molar-refractivity contribution in [3.8, 4) is 0 Å². The lowest BCUT2D eigenvalue weighted by Crippen LogP contribution is -2.38. The van der Waals surface area contributed by atoms with Crippen molar-refractivity contribution in [2.45, 2.75) is 16.7 Å². The molecule has 0 aliphatic carbocycles. The molecule has 4 aromatic carbocycles. The SMILES string of the molecule is Cc1ccc(S(=O)(=O)N(CC(=O)Nc2ccc(S(=O)(=O)Nc3cccc(Cl)c3Cl)cc2)c2cccc(Cl)c2Cl)cc1. The van der Waals surface area contributed by atoms with Gasteiger partial charge < -0.3 is 5.32 Å². The summed E-state index contributed by atoms with van der Waals surface area (Å²) in [4.78, 5) is 12.9. The first-order valence-corrected chi connectivity index (χ1v) is 16.1. The van der Waals surface area contributed by atoms with Gasteiger partial charge >= 0.3 is 0 Å². The quantitative estimate of drug-likeness (QED) is 0.195. The molecule has 0 aromatic heterocycles. The molecule has 4 aromatic rings. The summed E-state index contributed by atoms with van der Waals surface area (Å²) in [5.41, 5.74) is 1.19. The van der Waals surface area contributed by atoms with Crippen molar-refractivity contribution in [2.75, 3.05) is 20.9 Å². The molecule has 0 saturated carbocycles. The van der Waals surface area contributed by atoms with Gasteiger partial charge in [0, 0.05) is 5.69 Å². The van der Waals surface area contributed by atoms with Crippen LogP contribution in [0.3, 0.4) is 0 Å². The van der Waals surface area contributed by atoms with Crippen molar-refractivity contribution in [2.24, 2.45) is 0 Å². The number of rotatable bonds is 9. The fourth-order valence-corrected chi connectivity index (χ4v) is 7.01. The second kappa shape index (κ2) is 12.5. The smallest absolute Gasteiger partial charge is 0.264 e. The molecule has 0 saturated heterocycles. The van der Waals surface area contributed by atoms with E-state index >= 15 is 0 Å². The lowest BCUT2D eigenvalue weighted by Gasteiger charge is -2.25. The highest BCUT2D eigenvalue weighted by molar-refractivity contribution is 7.93. The molecule has 214 valence electrons. The van der Waals surface area contributed by atoms with E-state index in [1.165, 1.54) is 66.7 Å². The fourth-order valence-electron chi connectivity index (χ4n) is 3.66. The van der Waals surface area contributed by atoms with E-state index in [0.29, 0.717) is 0 Å². The highest BCUT2D eigenvalue weighted by Gasteiger charge is 2.29. The van der Waals surface area contributed by atoms with Crippen LogP contribution in [-0.4, -0.2) is 29.3 Å². The van der Waals surface area contributed by atoms with E-state index in [1.54, 1.807) is 18.2 Å². The summed E-state index contributed by atoms with van der Waals surface area (Å²) in [5.74, 6) is -0.712. The Balaban J connectivity index is 1.57. The summed E-state index contributed by atoms with van der Waals surface area (Å²) < 4.78 is 56.1. The van der Waals surface area contributed by atoms with Crippen molar-refractivity contribution in [3.63, 3.8) is 0 Å². The second-order valence-corrected chi connectivity index (χ2v) is 13.8. The molecular weight excluding hydrogens is 652 g/mol. The van der Waals surface area contributed by atoms with Crippen LogP contribution in [0.5, 0.6) is 0 Å². The molecule has 8 nitrogen and oxygen atoms in total. The number of benzene rings is 4. The van der Waals surface area contributed by atoms with Crippen molar-refractivity contribution < 1.29 is 21.6 Å². The van der Waals surface area contributed by atoms with Crippen LogP contribution in [0.25, 0.3) is 0 Å². The molecule has 0 fully saturated rings. The Morgan fingerprint density at radius 1 is 0.732 bits per heavy atom. The minimum Gasteiger partial charge on any atom is -0.325 e. The monoisotopic (exact) mass is 671 g/mol. The number of amides is 1. The zero-order chi connectivity index (χ0) is 29.9. The number of nitrogens with zero attached hydrogens (tertiary/aromatic N) is 1. The van der Waals surface area contributed by atoms with E-state index < -0.39 is 32.5 Å². The number of anilines is 3. The van der Waals surface area contributed by atoms with Gasteiger partial charge in [-0.15, -0.1) is 0 Å². The number of halogens is 4. The average Bonchev–Trinajstić information content (AvgIpc) is 2.92. The molecule has 2 N–H and O–H groups in total. The number of hydrogen-bond acceptors (Lipinski definition) is 5. The minimum absolute atomic E-state index is 0.0158. The van der Waals surface area contributed by atoms with E-state index in [9.17, 15) is 21.6 Å². The number of hydrogen-bond donors (Lipinski definition) is 2. The van der Waals surface area contributed by atoms with Crippen LogP contribution in [0.4, 0.5) is 17.1 Å². The normalized spacial score (nSPS) is 11.6. The first-order chi connectivity index (χ1) is 19.3. The molecule has 1 amide bonds. The lowest BCUT2D eigenvalue weighted by atomic mass is 10.2. The van der Waals surface area contributed by atoms with Crippen molar-refractivity contribution in [1.82, 2.24) is 0 Å². The summed E-state index contributed by atoms with van der Waals surface area (Å²) in [7, 11) is -8.27. The van der Waals surface area contributed by atoms with Crippen LogP contribution in [0.15, 0.2) is 94.7 Å². The van der Waals surface area contributed by atoms with Gasteiger partial charge in [-0.3, -0.25) is 13.8 Å². The summed E-state index contributed by atoms with van der Waals surface area (Å²) in [6.45, 7) is 1.17. The van der Waals surface area contributed by atoms with Gasteiger partial charge in [-0.2, -0.15) is 0 Å². The molecule has 0 unspecified atom stereocenters. The van der Waals surface area contributed by atoms with E-state index in [1.807, 2.05) is 6.92 Å². The largest absolute Gasteiger partial charge is 0.325 e. The van der Waals surface area contributed by atoms with Gasteiger partial charge in [-0.05, 0) is 67.6 Å². The Labute approximate surface area is 257 Å². The zero-order valence-electron chi connectivity index (χ0n) is 21.1. The highest BCUT2D eigenvalue weighted by Crippen LogP contribution is 2.36. The van der Waals surface area contributed by atoms with Crippen LogP contribution < -0.4 is 14.3 Å². The molecule has 0 atom stereocenters. The summed E-state index contributed by atoms with van der Waals surface area (Å²) in [6, 6.07) is 20.4. The molecule has 0 radical (unpaired) electrons. The molecule has 0 spiro atoms. The van der Waals surface area contributed by atoms with E-state index in [2.05, 4.69) is 10.0 Å². The highest BCUT2D eigenvalue weighted by atomic mass is 35.5. The number of carbonyl (C=O) groups is 1. The Bertz CT molecular complexity index is 1820. The Hall–Kier alpha value is -2.99. The molecule has 0 heterocycles. The first-order valence-electron chi connectivity index (χ1n) is 11.7. The fraction of sp³-hybridized carbons (Fsp3) is 0.0741. The van der Waals surface area contributed by atoms with Crippen LogP contribution in [-0.2, 0) is 24.8 Å². The third-order valence-electron chi connectivity index (χ3n) is 5.74. The Morgan fingerprint density at radius 2 is 1.29 bits per heavy atom.